The van der Waals surface area contributed by atoms with E-state index in [0.29, 0.717) is 30.4 Å². The number of morpholine rings is 1. The molecular weight excluding hydrogens is 359 g/mol. The molecule has 0 amide bonds. The first kappa shape index (κ1) is 17.4. The molecule has 2 aliphatic heterocycles. The third-order valence-electron chi connectivity index (χ3n) is 5.45. The van der Waals surface area contributed by atoms with Crippen LogP contribution in [0.2, 0.25) is 0 Å². The molecule has 3 aromatic rings. The maximum absolute atomic E-state index is 15.0. The third-order valence-corrected chi connectivity index (χ3v) is 5.45. The lowest BCUT2D eigenvalue weighted by Crippen LogP contribution is -2.37. The maximum atomic E-state index is 15.0. The lowest BCUT2D eigenvalue weighted by molar-refractivity contribution is 0.122. The number of halogens is 1. The van der Waals surface area contributed by atoms with E-state index in [9.17, 15) is 4.39 Å². The van der Waals surface area contributed by atoms with E-state index in [-0.39, 0.29) is 5.82 Å². The summed E-state index contributed by atoms with van der Waals surface area (Å²) in [5.74, 6) is 1.04. The van der Waals surface area contributed by atoms with E-state index >= 15 is 0 Å². The Balaban J connectivity index is 1.67. The zero-order valence-corrected chi connectivity index (χ0v) is 15.7. The Morgan fingerprint density at radius 3 is 2.50 bits per heavy atom. The van der Waals surface area contributed by atoms with Crippen molar-refractivity contribution in [1.29, 1.82) is 0 Å². The fourth-order valence-corrected chi connectivity index (χ4v) is 3.99. The lowest BCUT2D eigenvalue weighted by atomic mass is 10.1. The van der Waals surface area contributed by atoms with E-state index in [4.69, 9.17) is 9.72 Å². The molecule has 0 N–H and O–H groups in total. The van der Waals surface area contributed by atoms with Crippen LogP contribution in [-0.4, -0.2) is 59.1 Å². The predicted octanol–water partition coefficient (Wildman–Crippen LogP) is 2.78. The van der Waals surface area contributed by atoms with E-state index in [1.165, 1.54) is 12.5 Å². The normalized spacial score (nSPS) is 18.0. The minimum absolute atomic E-state index is 0.229. The molecule has 28 heavy (non-hydrogen) atoms. The van der Waals surface area contributed by atoms with Crippen LogP contribution < -0.4 is 9.80 Å². The largest absolute Gasteiger partial charge is 0.378 e. The molecule has 146 valence electrons. The molecule has 7 nitrogen and oxygen atoms in total. The average molecular weight is 382 g/mol. The van der Waals surface area contributed by atoms with E-state index in [2.05, 4.69) is 19.9 Å². The zero-order chi connectivity index (χ0) is 18.9. The van der Waals surface area contributed by atoms with Crippen LogP contribution in [0.1, 0.15) is 19.3 Å². The molecule has 0 aliphatic carbocycles. The van der Waals surface area contributed by atoms with Gasteiger partial charge >= 0.3 is 0 Å². The summed E-state index contributed by atoms with van der Waals surface area (Å²) in [6.45, 7) is 4.59. The summed E-state index contributed by atoms with van der Waals surface area (Å²) in [7, 11) is 0. The minimum Gasteiger partial charge on any atom is -0.378 e. The van der Waals surface area contributed by atoms with Crippen molar-refractivity contribution >= 4 is 22.4 Å². The van der Waals surface area contributed by atoms with E-state index in [1.54, 1.807) is 17.1 Å². The molecule has 0 unspecified atom stereocenters. The van der Waals surface area contributed by atoms with Gasteiger partial charge in [0.25, 0.3) is 5.95 Å². The van der Waals surface area contributed by atoms with Gasteiger partial charge in [-0.1, -0.05) is 0 Å². The number of piperidine rings is 1. The Hall–Kier alpha value is -2.74. The van der Waals surface area contributed by atoms with Crippen LogP contribution in [-0.2, 0) is 4.74 Å². The van der Waals surface area contributed by atoms with Crippen LogP contribution >= 0.6 is 0 Å². The highest BCUT2D eigenvalue weighted by atomic mass is 19.1. The number of hydrogen-bond donors (Lipinski definition) is 0. The topological polar surface area (TPSA) is 59.3 Å². The first-order chi connectivity index (χ1) is 13.8. The van der Waals surface area contributed by atoms with Crippen LogP contribution in [0.5, 0.6) is 0 Å². The molecule has 8 heteroatoms. The van der Waals surface area contributed by atoms with Gasteiger partial charge < -0.3 is 14.5 Å². The van der Waals surface area contributed by atoms with E-state index in [0.717, 1.165) is 50.2 Å². The molecule has 0 atom stereocenters. The first-order valence-electron chi connectivity index (χ1n) is 9.88. The van der Waals surface area contributed by atoms with Crippen LogP contribution in [0.25, 0.3) is 16.9 Å². The lowest BCUT2D eigenvalue weighted by Gasteiger charge is -2.31. The number of anilines is 2. The Labute approximate surface area is 162 Å². The van der Waals surface area contributed by atoms with Crippen molar-refractivity contribution in [2.45, 2.75) is 19.3 Å². The standard InChI is InChI=1S/C20H23FN6O/c21-16-14-17-15(13-18(16)25-6-2-1-3-7-25)19(26-9-11-28-12-10-26)24-20(23-17)27-8-4-5-22-27/h4-5,8,13-14H,1-3,6-7,9-12H2. The van der Waals surface area contributed by atoms with Gasteiger partial charge in [-0.15, -0.1) is 0 Å². The van der Waals surface area contributed by atoms with Gasteiger partial charge in [-0.05, 0) is 31.4 Å². The van der Waals surface area contributed by atoms with Crippen molar-refractivity contribution in [3.8, 4) is 5.95 Å². The van der Waals surface area contributed by atoms with Gasteiger partial charge in [-0.25, -0.2) is 14.1 Å². The van der Waals surface area contributed by atoms with Crippen LogP contribution in [0.15, 0.2) is 30.6 Å². The highest BCUT2D eigenvalue weighted by molar-refractivity contribution is 5.93. The zero-order valence-electron chi connectivity index (χ0n) is 15.7. The Kier molecular flexibility index (Phi) is 4.56. The Morgan fingerprint density at radius 1 is 0.929 bits per heavy atom. The van der Waals surface area contributed by atoms with Crippen molar-refractivity contribution in [1.82, 2.24) is 19.7 Å². The van der Waals surface area contributed by atoms with Crippen molar-refractivity contribution in [2.75, 3.05) is 49.2 Å². The fraction of sp³-hybridized carbons (Fsp3) is 0.450. The average Bonchev–Trinajstić information content (AvgIpc) is 3.29. The molecule has 0 bridgehead atoms. The van der Waals surface area contributed by atoms with Crippen molar-refractivity contribution in [3.63, 3.8) is 0 Å². The number of fused-ring (bicyclic) bond motifs is 1. The summed E-state index contributed by atoms with van der Waals surface area (Å²) in [5.41, 5.74) is 1.25. The van der Waals surface area contributed by atoms with Crippen molar-refractivity contribution < 1.29 is 9.13 Å². The summed E-state index contributed by atoms with van der Waals surface area (Å²) in [5, 5.41) is 5.11. The molecule has 0 radical (unpaired) electrons. The van der Waals surface area contributed by atoms with Crippen molar-refractivity contribution in [3.05, 3.63) is 36.4 Å². The van der Waals surface area contributed by atoms with Gasteiger partial charge in [-0.3, -0.25) is 0 Å². The summed E-state index contributed by atoms with van der Waals surface area (Å²) in [6.07, 6.45) is 6.89. The SMILES string of the molecule is Fc1cc2nc(-n3cccn3)nc(N3CCOCC3)c2cc1N1CCCCC1. The molecule has 2 aromatic heterocycles. The molecule has 2 fully saturated rings. The maximum Gasteiger partial charge on any atom is 0.253 e. The number of aromatic nitrogens is 4. The second kappa shape index (κ2) is 7.35. The summed E-state index contributed by atoms with van der Waals surface area (Å²) < 4.78 is 22.1. The fourth-order valence-electron chi connectivity index (χ4n) is 3.99. The third kappa shape index (κ3) is 3.17. The summed E-state index contributed by atoms with van der Waals surface area (Å²) in [4.78, 5) is 13.7. The Morgan fingerprint density at radius 2 is 1.75 bits per heavy atom. The van der Waals surface area contributed by atoms with Crippen LogP contribution in [0.4, 0.5) is 15.9 Å². The molecule has 0 spiro atoms. The van der Waals surface area contributed by atoms with Gasteiger partial charge in [-0.2, -0.15) is 10.1 Å². The van der Waals surface area contributed by atoms with Crippen LogP contribution in [0.3, 0.4) is 0 Å². The molecule has 2 aliphatic rings. The highest BCUT2D eigenvalue weighted by Gasteiger charge is 2.22. The molecule has 2 saturated heterocycles. The number of ether oxygens (including phenoxy) is 1. The molecule has 0 saturated carbocycles. The monoisotopic (exact) mass is 382 g/mol. The number of benzene rings is 1. The molecule has 4 heterocycles. The first-order valence-corrected chi connectivity index (χ1v) is 9.88. The number of hydrogen-bond acceptors (Lipinski definition) is 6. The van der Waals surface area contributed by atoms with Crippen molar-refractivity contribution in [2.24, 2.45) is 0 Å². The molecule has 5 rings (SSSR count). The van der Waals surface area contributed by atoms with Gasteiger partial charge in [0, 0.05) is 50.0 Å². The van der Waals surface area contributed by atoms with Gasteiger partial charge in [0.1, 0.15) is 11.6 Å². The molecular formula is C20H23FN6O. The second-order valence-corrected chi connectivity index (χ2v) is 7.27. The second-order valence-electron chi connectivity index (χ2n) is 7.27. The number of nitrogens with zero attached hydrogens (tertiary/aromatic N) is 6. The summed E-state index contributed by atoms with van der Waals surface area (Å²) in [6, 6.07) is 5.29. The van der Waals surface area contributed by atoms with Gasteiger partial charge in [0.15, 0.2) is 0 Å². The number of rotatable bonds is 3. The highest BCUT2D eigenvalue weighted by Crippen LogP contribution is 2.32. The van der Waals surface area contributed by atoms with E-state index < -0.39 is 0 Å². The van der Waals surface area contributed by atoms with Crippen LogP contribution in [0, 0.1) is 5.82 Å². The minimum atomic E-state index is -0.229. The summed E-state index contributed by atoms with van der Waals surface area (Å²) >= 11 is 0. The quantitative estimate of drug-likeness (QED) is 0.694. The van der Waals surface area contributed by atoms with Gasteiger partial charge in [0.05, 0.1) is 24.4 Å². The smallest absolute Gasteiger partial charge is 0.253 e. The van der Waals surface area contributed by atoms with Gasteiger partial charge in [0.2, 0.25) is 0 Å². The Bertz CT molecular complexity index is 964. The van der Waals surface area contributed by atoms with E-state index in [1.807, 2.05) is 12.1 Å². The predicted molar refractivity (Wildman–Crippen MR) is 106 cm³/mol. The molecule has 1 aromatic carbocycles.